The molecule has 1 saturated heterocycles. The van der Waals surface area contributed by atoms with Crippen molar-refractivity contribution in [1.82, 2.24) is 15.1 Å². The fourth-order valence-corrected chi connectivity index (χ4v) is 2.23. The van der Waals surface area contributed by atoms with Gasteiger partial charge >= 0.3 is 0 Å². The minimum Gasteiger partial charge on any atom is -0.395 e. The molecule has 0 aromatic rings. The number of aliphatic hydroxyl groups is 1. The standard InChI is InChI=1S/C12H25N3O2/c1-4-13-12(2,3)11(17)15-7-5-14(6-8-15)9-10-16/h13,16H,4-10H2,1-3H3. The van der Waals surface area contributed by atoms with Crippen LogP contribution in [0.15, 0.2) is 0 Å². The van der Waals surface area contributed by atoms with Crippen molar-refractivity contribution in [2.75, 3.05) is 45.9 Å². The van der Waals surface area contributed by atoms with Crippen molar-refractivity contribution < 1.29 is 9.90 Å². The van der Waals surface area contributed by atoms with E-state index in [0.29, 0.717) is 6.54 Å². The van der Waals surface area contributed by atoms with E-state index in [4.69, 9.17) is 5.11 Å². The zero-order valence-electron chi connectivity index (χ0n) is 11.2. The number of carbonyl (C=O) groups excluding carboxylic acids is 1. The van der Waals surface area contributed by atoms with Crippen LogP contribution >= 0.6 is 0 Å². The van der Waals surface area contributed by atoms with Crippen LogP contribution in [0.1, 0.15) is 20.8 Å². The molecule has 0 unspecified atom stereocenters. The second-order valence-electron chi connectivity index (χ2n) is 5.01. The second-order valence-corrected chi connectivity index (χ2v) is 5.01. The van der Waals surface area contributed by atoms with Crippen LogP contribution in [0.25, 0.3) is 0 Å². The van der Waals surface area contributed by atoms with Crippen LogP contribution in [0.3, 0.4) is 0 Å². The molecule has 1 aliphatic rings. The average Bonchev–Trinajstić information content (AvgIpc) is 2.29. The number of nitrogens with one attached hydrogen (secondary N) is 1. The predicted molar refractivity (Wildman–Crippen MR) is 67.9 cm³/mol. The molecule has 1 amide bonds. The number of β-amino-alcohol motifs (C(OH)–C–C–N with tert-alkyl or cyclic N) is 1. The molecule has 2 N–H and O–H groups in total. The van der Waals surface area contributed by atoms with E-state index < -0.39 is 5.54 Å². The van der Waals surface area contributed by atoms with Crippen LogP contribution in [-0.2, 0) is 4.79 Å². The summed E-state index contributed by atoms with van der Waals surface area (Å²) in [6, 6.07) is 0. The highest BCUT2D eigenvalue weighted by Crippen LogP contribution is 2.10. The van der Waals surface area contributed by atoms with Crippen LogP contribution < -0.4 is 5.32 Å². The van der Waals surface area contributed by atoms with Gasteiger partial charge < -0.3 is 15.3 Å². The summed E-state index contributed by atoms with van der Waals surface area (Å²) in [5, 5.41) is 12.1. The molecule has 100 valence electrons. The summed E-state index contributed by atoms with van der Waals surface area (Å²) in [7, 11) is 0. The van der Waals surface area contributed by atoms with Crippen molar-refractivity contribution >= 4 is 5.91 Å². The highest BCUT2D eigenvalue weighted by atomic mass is 16.3. The maximum Gasteiger partial charge on any atom is 0.242 e. The number of carbonyl (C=O) groups is 1. The Labute approximate surface area is 104 Å². The summed E-state index contributed by atoms with van der Waals surface area (Å²) < 4.78 is 0. The Hall–Kier alpha value is -0.650. The van der Waals surface area contributed by atoms with Crippen molar-refractivity contribution in [1.29, 1.82) is 0 Å². The molecule has 0 spiro atoms. The molecule has 0 aromatic heterocycles. The highest BCUT2D eigenvalue weighted by Gasteiger charge is 2.32. The third-order valence-corrected chi connectivity index (χ3v) is 3.23. The van der Waals surface area contributed by atoms with Crippen molar-refractivity contribution in [3.8, 4) is 0 Å². The molecule has 0 aromatic carbocycles. The minimum atomic E-state index is -0.478. The summed E-state index contributed by atoms with van der Waals surface area (Å²) in [6.07, 6.45) is 0. The Balaban J connectivity index is 2.45. The lowest BCUT2D eigenvalue weighted by Crippen LogP contribution is -2.58. The van der Waals surface area contributed by atoms with Crippen LogP contribution in [0.4, 0.5) is 0 Å². The first kappa shape index (κ1) is 14.4. The number of amides is 1. The van der Waals surface area contributed by atoms with E-state index in [1.165, 1.54) is 0 Å². The van der Waals surface area contributed by atoms with E-state index in [0.717, 1.165) is 32.7 Å². The third kappa shape index (κ3) is 3.94. The first-order valence-electron chi connectivity index (χ1n) is 6.39. The highest BCUT2D eigenvalue weighted by molar-refractivity contribution is 5.85. The first-order chi connectivity index (χ1) is 8.01. The van der Waals surface area contributed by atoms with Gasteiger partial charge in [0.15, 0.2) is 0 Å². The quantitative estimate of drug-likeness (QED) is 0.684. The maximum absolute atomic E-state index is 12.3. The molecular weight excluding hydrogens is 218 g/mol. The zero-order valence-corrected chi connectivity index (χ0v) is 11.2. The smallest absolute Gasteiger partial charge is 0.242 e. The van der Waals surface area contributed by atoms with Crippen molar-refractivity contribution in [2.24, 2.45) is 0 Å². The van der Waals surface area contributed by atoms with Crippen LogP contribution in [0.5, 0.6) is 0 Å². The third-order valence-electron chi connectivity index (χ3n) is 3.23. The largest absolute Gasteiger partial charge is 0.395 e. The molecule has 0 saturated carbocycles. The van der Waals surface area contributed by atoms with Crippen molar-refractivity contribution in [3.05, 3.63) is 0 Å². The number of hydrogen-bond acceptors (Lipinski definition) is 4. The van der Waals surface area contributed by atoms with Gasteiger partial charge in [-0.05, 0) is 20.4 Å². The second kappa shape index (κ2) is 6.33. The average molecular weight is 243 g/mol. The normalized spacial score (nSPS) is 18.5. The fraction of sp³-hybridized carbons (Fsp3) is 0.917. The summed E-state index contributed by atoms with van der Waals surface area (Å²) in [4.78, 5) is 16.4. The summed E-state index contributed by atoms with van der Waals surface area (Å²) in [5.41, 5.74) is -0.478. The summed E-state index contributed by atoms with van der Waals surface area (Å²) in [6.45, 7) is 10.8. The number of nitrogens with zero attached hydrogens (tertiary/aromatic N) is 2. The first-order valence-corrected chi connectivity index (χ1v) is 6.39. The number of aliphatic hydroxyl groups excluding tert-OH is 1. The van der Waals surface area contributed by atoms with Crippen LogP contribution in [0.2, 0.25) is 0 Å². The van der Waals surface area contributed by atoms with E-state index >= 15 is 0 Å². The number of rotatable bonds is 5. The maximum atomic E-state index is 12.3. The van der Waals surface area contributed by atoms with E-state index in [9.17, 15) is 4.79 Å². The molecule has 0 bridgehead atoms. The lowest BCUT2D eigenvalue weighted by molar-refractivity contribution is -0.138. The van der Waals surface area contributed by atoms with Gasteiger partial charge in [-0.15, -0.1) is 0 Å². The van der Waals surface area contributed by atoms with Gasteiger partial charge in [0.25, 0.3) is 0 Å². The molecule has 1 heterocycles. The van der Waals surface area contributed by atoms with Gasteiger partial charge in [0.2, 0.25) is 5.91 Å². The Bertz CT molecular complexity index is 248. The Kier molecular flexibility index (Phi) is 5.36. The van der Waals surface area contributed by atoms with E-state index in [1.54, 1.807) is 0 Å². The lowest BCUT2D eigenvalue weighted by atomic mass is 10.0. The molecule has 5 nitrogen and oxygen atoms in total. The van der Waals surface area contributed by atoms with Gasteiger partial charge in [-0.1, -0.05) is 6.92 Å². The van der Waals surface area contributed by atoms with Gasteiger partial charge in [-0.25, -0.2) is 0 Å². The molecule has 1 fully saturated rings. The van der Waals surface area contributed by atoms with Gasteiger partial charge in [-0.2, -0.15) is 0 Å². The fourth-order valence-electron chi connectivity index (χ4n) is 2.23. The molecule has 0 atom stereocenters. The number of hydrogen-bond donors (Lipinski definition) is 2. The molecule has 17 heavy (non-hydrogen) atoms. The molecule has 0 aliphatic carbocycles. The van der Waals surface area contributed by atoms with Crippen molar-refractivity contribution in [3.63, 3.8) is 0 Å². The Morgan fingerprint density at radius 1 is 1.29 bits per heavy atom. The Morgan fingerprint density at radius 2 is 1.88 bits per heavy atom. The van der Waals surface area contributed by atoms with Gasteiger partial charge in [0.1, 0.15) is 0 Å². The summed E-state index contributed by atoms with van der Waals surface area (Å²) >= 11 is 0. The van der Waals surface area contributed by atoms with Crippen LogP contribution in [0, 0.1) is 0 Å². The molecule has 1 aliphatic heterocycles. The topological polar surface area (TPSA) is 55.8 Å². The van der Waals surface area contributed by atoms with E-state index in [2.05, 4.69) is 10.2 Å². The number of likely N-dealkylation sites (N-methyl/N-ethyl adjacent to an activating group) is 1. The zero-order chi connectivity index (χ0) is 12.9. The minimum absolute atomic E-state index is 0.169. The van der Waals surface area contributed by atoms with Crippen LogP contribution in [-0.4, -0.2) is 72.2 Å². The van der Waals surface area contributed by atoms with Gasteiger partial charge in [-0.3, -0.25) is 9.69 Å². The molecular formula is C12H25N3O2. The predicted octanol–water partition coefficient (Wildman–Crippen LogP) is -0.489. The molecule has 1 rings (SSSR count). The molecule has 5 heteroatoms. The summed E-state index contributed by atoms with van der Waals surface area (Å²) in [5.74, 6) is 0.169. The van der Waals surface area contributed by atoms with Gasteiger partial charge in [0.05, 0.1) is 12.1 Å². The van der Waals surface area contributed by atoms with E-state index in [1.807, 2.05) is 25.7 Å². The van der Waals surface area contributed by atoms with E-state index in [-0.39, 0.29) is 12.5 Å². The van der Waals surface area contributed by atoms with Crippen molar-refractivity contribution in [2.45, 2.75) is 26.3 Å². The Morgan fingerprint density at radius 3 is 2.35 bits per heavy atom. The van der Waals surface area contributed by atoms with Gasteiger partial charge in [0, 0.05) is 32.7 Å². The molecule has 0 radical (unpaired) electrons. The monoisotopic (exact) mass is 243 g/mol. The lowest BCUT2D eigenvalue weighted by Gasteiger charge is -2.38. The SMILES string of the molecule is CCNC(C)(C)C(=O)N1CCN(CCO)CC1. The number of piperazine rings is 1.